The van der Waals surface area contributed by atoms with Crippen LogP contribution in [0.25, 0.3) is 0 Å². The highest BCUT2D eigenvalue weighted by molar-refractivity contribution is 5.78. The number of likely N-dealkylation sites (tertiary alicyclic amines) is 2. The molecule has 0 bridgehead atoms. The maximum Gasteiger partial charge on any atom is 0.236 e. The van der Waals surface area contributed by atoms with Crippen LogP contribution < -0.4 is 0 Å². The summed E-state index contributed by atoms with van der Waals surface area (Å²) in [7, 11) is 0. The number of carbonyl (C=O) groups is 1. The first kappa shape index (κ1) is 15.8. The van der Waals surface area contributed by atoms with E-state index in [1.54, 1.807) is 0 Å². The molecule has 2 saturated heterocycles. The molecular formula is C16H30N2O2. The van der Waals surface area contributed by atoms with Gasteiger partial charge in [-0.3, -0.25) is 9.69 Å². The number of aliphatic hydroxyl groups excluding tert-OH is 1. The predicted molar refractivity (Wildman–Crippen MR) is 80.4 cm³/mol. The largest absolute Gasteiger partial charge is 0.396 e. The number of rotatable bonds is 5. The summed E-state index contributed by atoms with van der Waals surface area (Å²) >= 11 is 0. The molecule has 0 aromatic rings. The average Bonchev–Trinajstić information content (AvgIpc) is 2.82. The number of hydrogen-bond donors (Lipinski definition) is 1. The van der Waals surface area contributed by atoms with Crippen LogP contribution in [0.4, 0.5) is 0 Å². The maximum absolute atomic E-state index is 12.5. The lowest BCUT2D eigenvalue weighted by molar-refractivity contribution is -0.135. The fraction of sp³-hybridized carbons (Fsp3) is 0.938. The topological polar surface area (TPSA) is 43.8 Å². The van der Waals surface area contributed by atoms with Gasteiger partial charge in [0.2, 0.25) is 5.91 Å². The van der Waals surface area contributed by atoms with Crippen LogP contribution in [-0.2, 0) is 4.79 Å². The molecule has 2 fully saturated rings. The second kappa shape index (κ2) is 7.41. The Hall–Kier alpha value is -0.610. The molecular weight excluding hydrogens is 252 g/mol. The minimum atomic E-state index is 0.263. The van der Waals surface area contributed by atoms with E-state index in [1.807, 2.05) is 0 Å². The molecule has 0 aromatic heterocycles. The summed E-state index contributed by atoms with van der Waals surface area (Å²) in [6.07, 6.45) is 5.49. The van der Waals surface area contributed by atoms with E-state index in [2.05, 4.69) is 23.6 Å². The van der Waals surface area contributed by atoms with Crippen molar-refractivity contribution in [3.63, 3.8) is 0 Å². The quantitative estimate of drug-likeness (QED) is 0.835. The molecule has 0 aromatic carbocycles. The van der Waals surface area contributed by atoms with Gasteiger partial charge in [-0.05, 0) is 50.5 Å². The molecule has 0 unspecified atom stereocenters. The van der Waals surface area contributed by atoms with Gasteiger partial charge >= 0.3 is 0 Å². The highest BCUT2D eigenvalue weighted by Gasteiger charge is 2.30. The fourth-order valence-corrected chi connectivity index (χ4v) is 3.90. The van der Waals surface area contributed by atoms with E-state index in [1.165, 1.54) is 19.3 Å². The lowest BCUT2D eigenvalue weighted by Gasteiger charge is -2.36. The molecule has 4 heteroatoms. The molecule has 2 rings (SSSR count). The van der Waals surface area contributed by atoms with Crippen LogP contribution in [0.2, 0.25) is 0 Å². The maximum atomic E-state index is 12.5. The van der Waals surface area contributed by atoms with Crippen molar-refractivity contribution in [2.45, 2.75) is 52.0 Å². The van der Waals surface area contributed by atoms with Gasteiger partial charge in [0.05, 0.1) is 6.54 Å². The van der Waals surface area contributed by atoms with Crippen molar-refractivity contribution < 1.29 is 9.90 Å². The molecule has 116 valence electrons. The first-order valence-electron chi connectivity index (χ1n) is 8.22. The number of hydrogen-bond acceptors (Lipinski definition) is 3. The zero-order valence-corrected chi connectivity index (χ0v) is 13.1. The lowest BCUT2D eigenvalue weighted by Crippen LogP contribution is -2.47. The standard InChI is InChI=1S/C16H30N2O2/c1-13-9-14(2)11-18(10-13)16(20)12-17-7-3-5-15(17)6-4-8-19/h13-15,19H,3-12H2,1-2H3/t13-,14-,15-/m1/s1. The van der Waals surface area contributed by atoms with Gasteiger partial charge < -0.3 is 10.0 Å². The lowest BCUT2D eigenvalue weighted by atomic mass is 9.92. The molecule has 1 amide bonds. The minimum Gasteiger partial charge on any atom is -0.396 e. The van der Waals surface area contributed by atoms with Gasteiger partial charge in [-0.25, -0.2) is 0 Å². The van der Waals surface area contributed by atoms with Crippen LogP contribution in [0.1, 0.15) is 46.0 Å². The van der Waals surface area contributed by atoms with Crippen LogP contribution in [0.3, 0.4) is 0 Å². The van der Waals surface area contributed by atoms with Crippen LogP contribution in [0.5, 0.6) is 0 Å². The van der Waals surface area contributed by atoms with E-state index in [-0.39, 0.29) is 6.61 Å². The predicted octanol–water partition coefficient (Wildman–Crippen LogP) is 1.73. The Morgan fingerprint density at radius 3 is 2.60 bits per heavy atom. The van der Waals surface area contributed by atoms with Crippen LogP contribution in [0.15, 0.2) is 0 Å². The number of amides is 1. The summed E-state index contributed by atoms with van der Waals surface area (Å²) in [5.74, 6) is 1.57. The van der Waals surface area contributed by atoms with E-state index in [0.717, 1.165) is 32.5 Å². The van der Waals surface area contributed by atoms with Crippen LogP contribution >= 0.6 is 0 Å². The molecule has 2 heterocycles. The Bertz CT molecular complexity index is 312. The molecule has 1 N–H and O–H groups in total. The summed E-state index contributed by atoms with van der Waals surface area (Å²) < 4.78 is 0. The van der Waals surface area contributed by atoms with E-state index in [0.29, 0.717) is 30.3 Å². The highest BCUT2D eigenvalue weighted by Crippen LogP contribution is 2.24. The minimum absolute atomic E-state index is 0.263. The first-order valence-corrected chi connectivity index (χ1v) is 8.22. The number of piperidine rings is 1. The van der Waals surface area contributed by atoms with Crippen molar-refractivity contribution >= 4 is 5.91 Å². The summed E-state index contributed by atoms with van der Waals surface area (Å²) in [5.41, 5.74) is 0. The Morgan fingerprint density at radius 1 is 1.25 bits per heavy atom. The van der Waals surface area contributed by atoms with Crippen LogP contribution in [-0.4, -0.2) is 59.6 Å². The SMILES string of the molecule is C[C@@H]1C[C@@H](C)CN(C(=O)CN2CCC[C@@H]2CCCO)C1. The molecule has 2 aliphatic rings. The van der Waals surface area contributed by atoms with Crippen molar-refractivity contribution in [2.75, 3.05) is 32.8 Å². The van der Waals surface area contributed by atoms with Crippen molar-refractivity contribution in [3.8, 4) is 0 Å². The average molecular weight is 282 g/mol. The molecule has 0 spiro atoms. The number of aliphatic hydroxyl groups is 1. The molecule has 4 nitrogen and oxygen atoms in total. The third kappa shape index (κ3) is 4.19. The Morgan fingerprint density at radius 2 is 1.95 bits per heavy atom. The van der Waals surface area contributed by atoms with E-state index < -0.39 is 0 Å². The first-order chi connectivity index (χ1) is 9.60. The van der Waals surface area contributed by atoms with Gasteiger partial charge in [0.25, 0.3) is 0 Å². The van der Waals surface area contributed by atoms with E-state index in [4.69, 9.17) is 5.11 Å². The Labute approximate surface area is 123 Å². The van der Waals surface area contributed by atoms with Gasteiger partial charge in [-0.15, -0.1) is 0 Å². The highest BCUT2D eigenvalue weighted by atomic mass is 16.3. The van der Waals surface area contributed by atoms with Gasteiger partial charge in [-0.2, -0.15) is 0 Å². The third-order valence-corrected chi connectivity index (χ3v) is 4.75. The van der Waals surface area contributed by atoms with Gasteiger partial charge in [0, 0.05) is 25.7 Å². The van der Waals surface area contributed by atoms with Crippen molar-refractivity contribution in [1.82, 2.24) is 9.80 Å². The van der Waals surface area contributed by atoms with E-state index in [9.17, 15) is 4.79 Å². The van der Waals surface area contributed by atoms with Gasteiger partial charge in [-0.1, -0.05) is 13.8 Å². The number of nitrogens with zero attached hydrogens (tertiary/aromatic N) is 2. The summed E-state index contributed by atoms with van der Waals surface area (Å²) in [6, 6.07) is 0.505. The van der Waals surface area contributed by atoms with Crippen molar-refractivity contribution in [2.24, 2.45) is 11.8 Å². The molecule has 2 aliphatic heterocycles. The molecule has 0 saturated carbocycles. The summed E-state index contributed by atoms with van der Waals surface area (Å²) in [4.78, 5) is 16.9. The monoisotopic (exact) mass is 282 g/mol. The molecule has 0 radical (unpaired) electrons. The Balaban J connectivity index is 1.83. The van der Waals surface area contributed by atoms with Gasteiger partial charge in [0.15, 0.2) is 0 Å². The van der Waals surface area contributed by atoms with Crippen molar-refractivity contribution in [1.29, 1.82) is 0 Å². The normalized spacial score (nSPS) is 31.8. The van der Waals surface area contributed by atoms with Crippen molar-refractivity contribution in [3.05, 3.63) is 0 Å². The fourth-order valence-electron chi connectivity index (χ4n) is 3.90. The zero-order valence-electron chi connectivity index (χ0n) is 13.1. The molecule has 3 atom stereocenters. The second-order valence-electron chi connectivity index (χ2n) is 6.88. The third-order valence-electron chi connectivity index (χ3n) is 4.75. The second-order valence-corrected chi connectivity index (χ2v) is 6.88. The molecule has 0 aliphatic carbocycles. The van der Waals surface area contributed by atoms with Gasteiger partial charge in [0.1, 0.15) is 0 Å². The molecule has 20 heavy (non-hydrogen) atoms. The number of carbonyl (C=O) groups excluding carboxylic acids is 1. The van der Waals surface area contributed by atoms with E-state index >= 15 is 0 Å². The Kier molecular flexibility index (Phi) is 5.85. The smallest absolute Gasteiger partial charge is 0.236 e. The van der Waals surface area contributed by atoms with Crippen LogP contribution in [0, 0.1) is 11.8 Å². The zero-order chi connectivity index (χ0) is 14.5. The summed E-state index contributed by atoms with van der Waals surface area (Å²) in [6.45, 7) is 8.23. The summed E-state index contributed by atoms with van der Waals surface area (Å²) in [5, 5.41) is 8.96.